The molecule has 0 saturated heterocycles. The van der Waals surface area contributed by atoms with Gasteiger partial charge in [-0.1, -0.05) is 17.7 Å². The van der Waals surface area contributed by atoms with Crippen molar-refractivity contribution in [1.82, 2.24) is 5.43 Å². The van der Waals surface area contributed by atoms with E-state index in [4.69, 9.17) is 11.6 Å². The first-order valence-corrected chi connectivity index (χ1v) is 5.60. The number of hydrogen-bond acceptors (Lipinski definition) is 2. The van der Waals surface area contributed by atoms with Crippen LogP contribution in [0.25, 0.3) is 0 Å². The Morgan fingerprint density at radius 1 is 1.11 bits per heavy atom. The van der Waals surface area contributed by atoms with Crippen molar-refractivity contribution < 1.29 is 9.18 Å². The van der Waals surface area contributed by atoms with Gasteiger partial charge in [-0.15, -0.1) is 0 Å². The molecule has 3 nitrogen and oxygen atoms in total. The van der Waals surface area contributed by atoms with E-state index in [-0.39, 0.29) is 11.7 Å². The third kappa shape index (κ3) is 3.21. The third-order valence-corrected chi connectivity index (χ3v) is 2.49. The van der Waals surface area contributed by atoms with Gasteiger partial charge in [0.1, 0.15) is 5.82 Å². The van der Waals surface area contributed by atoms with Crippen LogP contribution in [-0.4, -0.2) is 5.91 Å². The summed E-state index contributed by atoms with van der Waals surface area (Å²) in [5, 5.41) is 0.490. The summed E-state index contributed by atoms with van der Waals surface area (Å²) in [4.78, 5) is 11.7. The monoisotopic (exact) mass is 264 g/mol. The first-order valence-electron chi connectivity index (χ1n) is 5.22. The average molecular weight is 265 g/mol. The third-order valence-electron chi connectivity index (χ3n) is 2.25. The summed E-state index contributed by atoms with van der Waals surface area (Å²) in [6.07, 6.45) is 0. The Kier molecular flexibility index (Phi) is 3.79. The maximum Gasteiger partial charge on any atom is 0.269 e. The largest absolute Gasteiger partial charge is 0.298 e. The van der Waals surface area contributed by atoms with Crippen LogP contribution >= 0.6 is 11.6 Å². The number of hydrogen-bond donors (Lipinski definition) is 2. The fourth-order valence-electron chi connectivity index (χ4n) is 1.36. The van der Waals surface area contributed by atoms with Crippen LogP contribution < -0.4 is 10.9 Å². The lowest BCUT2D eigenvalue weighted by molar-refractivity contribution is 0.0962. The highest BCUT2D eigenvalue weighted by atomic mass is 35.5. The topological polar surface area (TPSA) is 41.1 Å². The molecule has 0 heterocycles. The van der Waals surface area contributed by atoms with Crippen molar-refractivity contribution in [1.29, 1.82) is 0 Å². The number of carbonyl (C=O) groups is 1. The highest BCUT2D eigenvalue weighted by molar-refractivity contribution is 6.30. The van der Waals surface area contributed by atoms with E-state index in [2.05, 4.69) is 10.9 Å². The van der Waals surface area contributed by atoms with Gasteiger partial charge in [-0.3, -0.25) is 15.6 Å². The maximum atomic E-state index is 12.7. The van der Waals surface area contributed by atoms with Crippen molar-refractivity contribution in [2.45, 2.75) is 0 Å². The molecule has 2 aromatic rings. The summed E-state index contributed by atoms with van der Waals surface area (Å²) in [6, 6.07) is 12.2. The number of hydrazine groups is 1. The van der Waals surface area contributed by atoms with E-state index in [0.29, 0.717) is 16.3 Å². The van der Waals surface area contributed by atoms with E-state index in [1.54, 1.807) is 24.3 Å². The summed E-state index contributed by atoms with van der Waals surface area (Å²) in [7, 11) is 0. The van der Waals surface area contributed by atoms with Crippen molar-refractivity contribution >= 4 is 23.2 Å². The lowest BCUT2D eigenvalue weighted by atomic mass is 10.2. The molecule has 5 heteroatoms. The van der Waals surface area contributed by atoms with Gasteiger partial charge in [0, 0.05) is 10.6 Å². The van der Waals surface area contributed by atoms with Gasteiger partial charge in [0.25, 0.3) is 5.91 Å². The van der Waals surface area contributed by atoms with Crippen molar-refractivity contribution in [3.63, 3.8) is 0 Å². The quantitative estimate of drug-likeness (QED) is 0.836. The minimum Gasteiger partial charge on any atom is -0.298 e. The number of benzene rings is 2. The van der Waals surface area contributed by atoms with Gasteiger partial charge >= 0.3 is 0 Å². The summed E-state index contributed by atoms with van der Waals surface area (Å²) in [5.74, 6) is -0.649. The smallest absolute Gasteiger partial charge is 0.269 e. The van der Waals surface area contributed by atoms with Crippen molar-refractivity contribution in [3.05, 3.63) is 64.9 Å². The zero-order chi connectivity index (χ0) is 13.0. The molecule has 0 aromatic heterocycles. The summed E-state index contributed by atoms with van der Waals surface area (Å²) < 4.78 is 12.7. The van der Waals surface area contributed by atoms with Gasteiger partial charge in [-0.2, -0.15) is 0 Å². The fourth-order valence-corrected chi connectivity index (χ4v) is 1.55. The lowest BCUT2D eigenvalue weighted by Gasteiger charge is -2.08. The minimum atomic E-state index is -0.332. The standard InChI is InChI=1S/C13H10ClFN2O/c14-10-3-1-2-9(8-10)13(18)17-16-12-6-4-11(15)5-7-12/h1-8,16H,(H,17,18). The van der Waals surface area contributed by atoms with Gasteiger partial charge < -0.3 is 0 Å². The fraction of sp³-hybridized carbons (Fsp3) is 0. The molecule has 0 fully saturated rings. The van der Waals surface area contributed by atoms with E-state index >= 15 is 0 Å². The molecule has 0 atom stereocenters. The SMILES string of the molecule is O=C(NNc1ccc(F)cc1)c1cccc(Cl)c1. The lowest BCUT2D eigenvalue weighted by Crippen LogP contribution is -2.29. The highest BCUT2D eigenvalue weighted by Gasteiger charge is 2.04. The van der Waals surface area contributed by atoms with Crippen LogP contribution in [0.15, 0.2) is 48.5 Å². The van der Waals surface area contributed by atoms with E-state index < -0.39 is 0 Å². The van der Waals surface area contributed by atoms with Crippen molar-refractivity contribution in [2.24, 2.45) is 0 Å². The number of carbonyl (C=O) groups excluding carboxylic acids is 1. The second-order valence-corrected chi connectivity index (χ2v) is 4.03. The van der Waals surface area contributed by atoms with Crippen LogP contribution in [0.5, 0.6) is 0 Å². The Morgan fingerprint density at radius 2 is 1.83 bits per heavy atom. The first-order chi connectivity index (χ1) is 8.65. The number of amides is 1. The molecule has 2 aromatic carbocycles. The molecule has 18 heavy (non-hydrogen) atoms. The molecule has 2 N–H and O–H groups in total. The van der Waals surface area contributed by atoms with Crippen LogP contribution in [0.3, 0.4) is 0 Å². The number of nitrogens with one attached hydrogen (secondary N) is 2. The summed E-state index contributed by atoms with van der Waals surface area (Å²) >= 11 is 5.78. The Morgan fingerprint density at radius 3 is 2.50 bits per heavy atom. The Bertz CT molecular complexity index is 557. The molecule has 0 bridgehead atoms. The van der Waals surface area contributed by atoms with E-state index in [0.717, 1.165) is 0 Å². The van der Waals surface area contributed by atoms with Crippen LogP contribution in [0.1, 0.15) is 10.4 Å². The number of anilines is 1. The highest BCUT2D eigenvalue weighted by Crippen LogP contribution is 2.11. The van der Waals surface area contributed by atoms with Crippen LogP contribution in [0, 0.1) is 5.82 Å². The number of halogens is 2. The van der Waals surface area contributed by atoms with Gasteiger partial charge in [-0.25, -0.2) is 4.39 Å². The Hall–Kier alpha value is -2.07. The number of rotatable bonds is 3. The molecule has 1 amide bonds. The van der Waals surface area contributed by atoms with Gasteiger partial charge in [0.05, 0.1) is 5.69 Å². The first kappa shape index (κ1) is 12.4. The molecular formula is C13H10ClFN2O. The molecule has 0 aliphatic heterocycles. The molecule has 92 valence electrons. The molecule has 0 aliphatic rings. The van der Waals surface area contributed by atoms with E-state index in [9.17, 15) is 9.18 Å². The Balaban J connectivity index is 1.98. The van der Waals surface area contributed by atoms with Gasteiger partial charge in [-0.05, 0) is 42.5 Å². The second kappa shape index (κ2) is 5.51. The van der Waals surface area contributed by atoms with Crippen molar-refractivity contribution in [3.8, 4) is 0 Å². The minimum absolute atomic E-state index is 0.318. The zero-order valence-electron chi connectivity index (χ0n) is 9.28. The van der Waals surface area contributed by atoms with Gasteiger partial charge in [0.15, 0.2) is 0 Å². The molecule has 0 unspecified atom stereocenters. The molecular weight excluding hydrogens is 255 g/mol. The van der Waals surface area contributed by atoms with E-state index in [1.165, 1.54) is 24.3 Å². The second-order valence-electron chi connectivity index (χ2n) is 3.60. The van der Waals surface area contributed by atoms with Crippen molar-refractivity contribution in [2.75, 3.05) is 5.43 Å². The normalized spacial score (nSPS) is 9.89. The molecule has 0 aliphatic carbocycles. The van der Waals surface area contributed by atoms with Crippen LogP contribution in [-0.2, 0) is 0 Å². The molecule has 0 radical (unpaired) electrons. The molecule has 2 rings (SSSR count). The van der Waals surface area contributed by atoms with Crippen LogP contribution in [0.4, 0.5) is 10.1 Å². The average Bonchev–Trinajstić information content (AvgIpc) is 2.38. The predicted octanol–water partition coefficient (Wildman–Crippen LogP) is 3.24. The maximum absolute atomic E-state index is 12.7. The summed E-state index contributed by atoms with van der Waals surface area (Å²) in [6.45, 7) is 0. The Labute approximate surface area is 109 Å². The van der Waals surface area contributed by atoms with Crippen LogP contribution in [0.2, 0.25) is 5.02 Å². The molecule has 0 spiro atoms. The van der Waals surface area contributed by atoms with Gasteiger partial charge in [0.2, 0.25) is 0 Å². The zero-order valence-corrected chi connectivity index (χ0v) is 10.0. The molecule has 0 saturated carbocycles. The predicted molar refractivity (Wildman–Crippen MR) is 68.9 cm³/mol. The summed E-state index contributed by atoms with van der Waals surface area (Å²) in [5.41, 5.74) is 6.20. The van der Waals surface area contributed by atoms with E-state index in [1.807, 2.05) is 0 Å².